The first-order valence-corrected chi connectivity index (χ1v) is 8.38. The Balaban J connectivity index is 1.68. The Bertz CT molecular complexity index is 687. The second-order valence-corrected chi connectivity index (χ2v) is 6.49. The van der Waals surface area contributed by atoms with Crippen LogP contribution in [0.25, 0.3) is 0 Å². The van der Waals surface area contributed by atoms with Gasteiger partial charge in [0.05, 0.1) is 0 Å². The summed E-state index contributed by atoms with van der Waals surface area (Å²) in [6.07, 6.45) is 2.09. The van der Waals surface area contributed by atoms with Crippen LogP contribution in [-0.2, 0) is 0 Å². The third kappa shape index (κ3) is 3.85. The molecule has 1 aliphatic rings. The van der Waals surface area contributed by atoms with Crippen molar-refractivity contribution in [1.82, 2.24) is 5.32 Å². The molecule has 0 saturated carbocycles. The third-order valence-corrected chi connectivity index (χ3v) is 4.56. The summed E-state index contributed by atoms with van der Waals surface area (Å²) in [5.74, 6) is -0.0371. The fraction of sp³-hybridized carbons (Fsp3) is 0.316. The number of anilines is 1. The molecule has 0 unspecified atom stereocenters. The largest absolute Gasteiger partial charge is 0.369 e. The lowest BCUT2D eigenvalue weighted by atomic mass is 10.0. The van der Waals surface area contributed by atoms with Gasteiger partial charge in [-0.15, -0.1) is 0 Å². The predicted octanol–water partition coefficient (Wildman–Crippen LogP) is 4.05. The van der Waals surface area contributed by atoms with Gasteiger partial charge in [0.2, 0.25) is 0 Å². The van der Waals surface area contributed by atoms with Gasteiger partial charge in [-0.1, -0.05) is 35.9 Å². The highest BCUT2D eigenvalue weighted by atomic mass is 35.5. The Hall–Kier alpha value is -2.00. The van der Waals surface area contributed by atoms with E-state index in [0.29, 0.717) is 10.6 Å². The highest BCUT2D eigenvalue weighted by molar-refractivity contribution is 6.31. The lowest BCUT2D eigenvalue weighted by molar-refractivity contribution is 0.0932. The molecular formula is C19H21ClN2O. The molecule has 3 nitrogen and oxygen atoms in total. The number of nitrogens with one attached hydrogen (secondary N) is 1. The number of hydrogen-bond acceptors (Lipinski definition) is 2. The number of para-hydroxylation sites is 1. The third-order valence-electron chi connectivity index (χ3n) is 4.32. The smallest absolute Gasteiger partial charge is 0.251 e. The van der Waals surface area contributed by atoms with Crippen molar-refractivity contribution in [2.75, 3.05) is 18.0 Å². The number of carbonyl (C=O) groups is 1. The van der Waals surface area contributed by atoms with Gasteiger partial charge in [0, 0.05) is 35.4 Å². The number of amides is 1. The molecule has 1 heterocycles. The summed E-state index contributed by atoms with van der Waals surface area (Å²) in [6, 6.07) is 15.9. The molecule has 0 bridgehead atoms. The monoisotopic (exact) mass is 328 g/mol. The molecule has 120 valence electrons. The lowest BCUT2D eigenvalue weighted by Crippen LogP contribution is -2.48. The van der Waals surface area contributed by atoms with Crippen molar-refractivity contribution in [3.05, 3.63) is 64.7 Å². The zero-order valence-corrected chi connectivity index (χ0v) is 14.0. The van der Waals surface area contributed by atoms with E-state index in [4.69, 9.17) is 11.6 Å². The Morgan fingerprint density at radius 3 is 2.78 bits per heavy atom. The van der Waals surface area contributed by atoms with Gasteiger partial charge in [-0.2, -0.15) is 0 Å². The van der Waals surface area contributed by atoms with Crippen LogP contribution < -0.4 is 10.2 Å². The quantitative estimate of drug-likeness (QED) is 0.922. The standard InChI is InChI=1S/C19H21ClN2O/c1-14-9-10-15(20)12-18(14)19(23)21-16-6-5-11-22(13-16)17-7-3-2-4-8-17/h2-4,7-10,12,16H,5-6,11,13H2,1H3,(H,21,23)/t16-/m0/s1. The van der Waals surface area contributed by atoms with E-state index in [9.17, 15) is 4.79 Å². The molecule has 1 atom stereocenters. The van der Waals surface area contributed by atoms with Crippen molar-refractivity contribution in [3.63, 3.8) is 0 Å². The van der Waals surface area contributed by atoms with Crippen LogP contribution >= 0.6 is 11.6 Å². The molecule has 0 radical (unpaired) electrons. The molecule has 4 heteroatoms. The van der Waals surface area contributed by atoms with Crippen LogP contribution in [0.15, 0.2) is 48.5 Å². The van der Waals surface area contributed by atoms with Crippen LogP contribution in [-0.4, -0.2) is 25.0 Å². The molecule has 2 aromatic rings. The molecule has 23 heavy (non-hydrogen) atoms. The fourth-order valence-corrected chi connectivity index (χ4v) is 3.24. The van der Waals surface area contributed by atoms with Crippen molar-refractivity contribution >= 4 is 23.2 Å². The Morgan fingerprint density at radius 1 is 1.22 bits per heavy atom. The fourth-order valence-electron chi connectivity index (χ4n) is 3.07. The average Bonchev–Trinajstić information content (AvgIpc) is 2.58. The molecule has 0 spiro atoms. The zero-order valence-electron chi connectivity index (χ0n) is 13.3. The van der Waals surface area contributed by atoms with E-state index in [0.717, 1.165) is 31.5 Å². The number of nitrogens with zero attached hydrogens (tertiary/aromatic N) is 1. The normalized spacial score (nSPS) is 17.8. The molecule has 3 rings (SSSR count). The minimum Gasteiger partial charge on any atom is -0.369 e. The van der Waals surface area contributed by atoms with E-state index in [1.165, 1.54) is 5.69 Å². The topological polar surface area (TPSA) is 32.3 Å². The summed E-state index contributed by atoms with van der Waals surface area (Å²) in [4.78, 5) is 14.9. The van der Waals surface area contributed by atoms with Gasteiger partial charge in [0.25, 0.3) is 5.91 Å². The van der Waals surface area contributed by atoms with Gasteiger partial charge in [0.1, 0.15) is 0 Å². The first-order valence-electron chi connectivity index (χ1n) is 8.00. The van der Waals surface area contributed by atoms with Gasteiger partial charge >= 0.3 is 0 Å². The van der Waals surface area contributed by atoms with Gasteiger partial charge in [-0.3, -0.25) is 4.79 Å². The summed E-state index contributed by atoms with van der Waals surface area (Å²) >= 11 is 6.02. The molecule has 1 fully saturated rings. The van der Waals surface area contributed by atoms with Crippen LogP contribution in [0.1, 0.15) is 28.8 Å². The summed E-state index contributed by atoms with van der Waals surface area (Å²) in [6.45, 7) is 3.81. The number of aryl methyl sites for hydroxylation is 1. The van der Waals surface area contributed by atoms with Crippen LogP contribution in [0.5, 0.6) is 0 Å². The predicted molar refractivity (Wildman–Crippen MR) is 95.3 cm³/mol. The van der Waals surface area contributed by atoms with E-state index in [1.54, 1.807) is 6.07 Å². The highest BCUT2D eigenvalue weighted by Gasteiger charge is 2.22. The number of halogens is 1. The zero-order chi connectivity index (χ0) is 16.2. The molecule has 0 aromatic heterocycles. The van der Waals surface area contributed by atoms with Crippen molar-refractivity contribution in [3.8, 4) is 0 Å². The second kappa shape index (κ2) is 7.05. The molecular weight excluding hydrogens is 308 g/mol. The number of piperidine rings is 1. The lowest BCUT2D eigenvalue weighted by Gasteiger charge is -2.34. The van der Waals surface area contributed by atoms with Crippen molar-refractivity contribution in [1.29, 1.82) is 0 Å². The highest BCUT2D eigenvalue weighted by Crippen LogP contribution is 2.20. The number of rotatable bonds is 3. The molecule has 0 aliphatic carbocycles. The van der Waals surface area contributed by atoms with Gasteiger partial charge in [-0.25, -0.2) is 0 Å². The summed E-state index contributed by atoms with van der Waals surface area (Å²) < 4.78 is 0. The average molecular weight is 329 g/mol. The molecule has 2 aromatic carbocycles. The SMILES string of the molecule is Cc1ccc(Cl)cc1C(=O)N[C@H]1CCCN(c2ccccc2)C1. The van der Waals surface area contributed by atoms with Crippen LogP contribution in [0.3, 0.4) is 0 Å². The van der Waals surface area contributed by atoms with E-state index in [1.807, 2.05) is 37.3 Å². The maximum atomic E-state index is 12.5. The Labute approximate surface area is 142 Å². The van der Waals surface area contributed by atoms with Crippen LogP contribution in [0.2, 0.25) is 5.02 Å². The molecule has 1 aliphatic heterocycles. The summed E-state index contributed by atoms with van der Waals surface area (Å²) in [5, 5.41) is 3.76. The minimum absolute atomic E-state index is 0.0371. The number of hydrogen-bond donors (Lipinski definition) is 1. The number of carbonyl (C=O) groups excluding carboxylic acids is 1. The Kier molecular flexibility index (Phi) is 4.87. The van der Waals surface area contributed by atoms with E-state index >= 15 is 0 Å². The van der Waals surface area contributed by atoms with Gasteiger partial charge in [-0.05, 0) is 49.6 Å². The van der Waals surface area contributed by atoms with Crippen LogP contribution in [0, 0.1) is 6.92 Å². The first-order chi connectivity index (χ1) is 11.1. The van der Waals surface area contributed by atoms with Gasteiger partial charge < -0.3 is 10.2 Å². The Morgan fingerprint density at radius 2 is 2.00 bits per heavy atom. The van der Waals surface area contributed by atoms with Crippen molar-refractivity contribution in [2.45, 2.75) is 25.8 Å². The first kappa shape index (κ1) is 15.9. The van der Waals surface area contributed by atoms with Gasteiger partial charge in [0.15, 0.2) is 0 Å². The van der Waals surface area contributed by atoms with E-state index in [-0.39, 0.29) is 11.9 Å². The van der Waals surface area contributed by atoms with Crippen LogP contribution in [0.4, 0.5) is 5.69 Å². The number of benzene rings is 2. The minimum atomic E-state index is -0.0371. The summed E-state index contributed by atoms with van der Waals surface area (Å²) in [5.41, 5.74) is 2.82. The second-order valence-electron chi connectivity index (χ2n) is 6.05. The summed E-state index contributed by atoms with van der Waals surface area (Å²) in [7, 11) is 0. The van der Waals surface area contributed by atoms with Crippen molar-refractivity contribution < 1.29 is 4.79 Å². The van der Waals surface area contributed by atoms with E-state index < -0.39 is 0 Å². The molecule has 1 saturated heterocycles. The van der Waals surface area contributed by atoms with Crippen molar-refractivity contribution in [2.24, 2.45) is 0 Å². The molecule has 1 N–H and O–H groups in total. The maximum Gasteiger partial charge on any atom is 0.251 e. The van der Waals surface area contributed by atoms with E-state index in [2.05, 4.69) is 22.3 Å². The molecule has 1 amide bonds. The maximum absolute atomic E-state index is 12.5.